The number of nitrogens with zero attached hydrogens (tertiary/aromatic N) is 1. The van der Waals surface area contributed by atoms with Crippen molar-refractivity contribution in [2.45, 2.75) is 19.4 Å². The van der Waals surface area contributed by atoms with Crippen LogP contribution in [0.5, 0.6) is 0 Å². The van der Waals surface area contributed by atoms with Gasteiger partial charge in [-0.2, -0.15) is 0 Å². The molecule has 18 heavy (non-hydrogen) atoms. The number of rotatable bonds is 5. The molecule has 0 aliphatic carbocycles. The second kappa shape index (κ2) is 6.80. The van der Waals surface area contributed by atoms with Crippen LogP contribution in [0.4, 0.5) is 0 Å². The zero-order valence-electron chi connectivity index (χ0n) is 10.5. The van der Waals surface area contributed by atoms with Gasteiger partial charge in [-0.25, -0.2) is 4.79 Å². The van der Waals surface area contributed by atoms with Crippen LogP contribution in [0.3, 0.4) is 0 Å². The van der Waals surface area contributed by atoms with Crippen LogP contribution in [0.25, 0.3) is 0 Å². The maximum Gasteiger partial charge on any atom is 0.396 e. The third kappa shape index (κ3) is 3.89. The lowest BCUT2D eigenvalue weighted by Gasteiger charge is -2.12. The van der Waals surface area contributed by atoms with Crippen molar-refractivity contribution in [1.82, 2.24) is 9.88 Å². The molecule has 1 unspecified atom stereocenters. The number of hydrogen-bond acceptors (Lipinski definition) is 4. The predicted molar refractivity (Wildman–Crippen MR) is 64.6 cm³/mol. The van der Waals surface area contributed by atoms with Gasteiger partial charge in [-0.1, -0.05) is 0 Å². The summed E-state index contributed by atoms with van der Waals surface area (Å²) in [5.41, 5.74) is 0.764. The number of ether oxygens (including phenoxy) is 1. The molecule has 1 heterocycles. The second-order valence-electron chi connectivity index (χ2n) is 3.82. The van der Waals surface area contributed by atoms with E-state index in [1.807, 2.05) is 19.3 Å². The summed E-state index contributed by atoms with van der Waals surface area (Å²) >= 11 is 0. The molecule has 0 aliphatic heterocycles. The van der Waals surface area contributed by atoms with Gasteiger partial charge < -0.3 is 19.7 Å². The van der Waals surface area contributed by atoms with Crippen molar-refractivity contribution in [3.63, 3.8) is 0 Å². The second-order valence-corrected chi connectivity index (χ2v) is 3.82. The maximum atomic E-state index is 11.2. The number of carbonyl (C=O) groups excluding carboxylic acids is 2. The number of amides is 1. The molecule has 0 bridgehead atoms. The third-order valence-corrected chi connectivity index (χ3v) is 2.49. The molecule has 1 rings (SSSR count). The first kappa shape index (κ1) is 14.2. The van der Waals surface area contributed by atoms with Crippen LogP contribution >= 0.6 is 0 Å². The zero-order chi connectivity index (χ0) is 13.5. The van der Waals surface area contributed by atoms with Gasteiger partial charge in [0.2, 0.25) is 0 Å². The SMILES string of the molecule is CCOC(=O)C(=O)NCCC(O)c1cccn1C. The average Bonchev–Trinajstić information content (AvgIpc) is 2.75. The van der Waals surface area contributed by atoms with E-state index in [0.29, 0.717) is 6.42 Å². The number of aromatic nitrogens is 1. The monoisotopic (exact) mass is 254 g/mol. The largest absolute Gasteiger partial charge is 0.459 e. The number of esters is 1. The van der Waals surface area contributed by atoms with E-state index in [1.54, 1.807) is 17.6 Å². The number of carbonyl (C=O) groups is 2. The number of nitrogens with one attached hydrogen (secondary N) is 1. The van der Waals surface area contributed by atoms with Gasteiger partial charge in [-0.3, -0.25) is 4.79 Å². The minimum absolute atomic E-state index is 0.165. The highest BCUT2D eigenvalue weighted by molar-refractivity contribution is 6.32. The minimum Gasteiger partial charge on any atom is -0.459 e. The topological polar surface area (TPSA) is 80.6 Å². The van der Waals surface area contributed by atoms with E-state index < -0.39 is 18.0 Å². The Kier molecular flexibility index (Phi) is 5.38. The molecule has 2 N–H and O–H groups in total. The van der Waals surface area contributed by atoms with Crippen LogP contribution < -0.4 is 5.32 Å². The third-order valence-electron chi connectivity index (χ3n) is 2.49. The van der Waals surface area contributed by atoms with Gasteiger partial charge in [-0.05, 0) is 25.5 Å². The van der Waals surface area contributed by atoms with Crippen molar-refractivity contribution < 1.29 is 19.4 Å². The fourth-order valence-corrected chi connectivity index (χ4v) is 1.56. The minimum atomic E-state index is -0.897. The van der Waals surface area contributed by atoms with E-state index in [4.69, 9.17) is 0 Å². The Hall–Kier alpha value is -1.82. The first-order valence-electron chi connectivity index (χ1n) is 5.80. The van der Waals surface area contributed by atoms with Gasteiger partial charge in [-0.15, -0.1) is 0 Å². The fraction of sp³-hybridized carbons (Fsp3) is 0.500. The standard InChI is InChI=1S/C12H18N2O4/c1-3-18-12(17)11(16)13-7-6-10(15)9-5-4-8-14(9)2/h4-5,8,10,15H,3,6-7H2,1-2H3,(H,13,16). The van der Waals surface area contributed by atoms with Crippen LogP contribution in [0, 0.1) is 0 Å². The Labute approximate surface area is 106 Å². The summed E-state index contributed by atoms with van der Waals surface area (Å²) in [4.78, 5) is 22.2. The molecule has 6 heteroatoms. The summed E-state index contributed by atoms with van der Waals surface area (Å²) in [6.07, 6.45) is 1.49. The molecule has 0 saturated carbocycles. The summed E-state index contributed by atoms with van der Waals surface area (Å²) in [5, 5.41) is 12.3. The van der Waals surface area contributed by atoms with Crippen LogP contribution in [-0.2, 0) is 21.4 Å². The van der Waals surface area contributed by atoms with Crippen LogP contribution in [0.1, 0.15) is 25.1 Å². The van der Waals surface area contributed by atoms with Gasteiger partial charge in [0.1, 0.15) is 0 Å². The van der Waals surface area contributed by atoms with Crippen LogP contribution in [-0.4, -0.2) is 34.7 Å². The van der Waals surface area contributed by atoms with Crippen molar-refractivity contribution in [1.29, 1.82) is 0 Å². The number of aliphatic hydroxyl groups excluding tert-OH is 1. The number of aryl methyl sites for hydroxylation is 1. The van der Waals surface area contributed by atoms with Crippen molar-refractivity contribution in [2.75, 3.05) is 13.2 Å². The maximum absolute atomic E-state index is 11.2. The van der Waals surface area contributed by atoms with Crippen LogP contribution in [0.15, 0.2) is 18.3 Å². The fourth-order valence-electron chi connectivity index (χ4n) is 1.56. The number of aliphatic hydroxyl groups is 1. The molecule has 0 radical (unpaired) electrons. The highest BCUT2D eigenvalue weighted by atomic mass is 16.5. The van der Waals surface area contributed by atoms with Crippen molar-refractivity contribution >= 4 is 11.9 Å². The van der Waals surface area contributed by atoms with E-state index in [2.05, 4.69) is 10.1 Å². The lowest BCUT2D eigenvalue weighted by molar-refractivity contribution is -0.154. The summed E-state index contributed by atoms with van der Waals surface area (Å²) in [6.45, 7) is 2.01. The van der Waals surface area contributed by atoms with E-state index in [-0.39, 0.29) is 13.2 Å². The summed E-state index contributed by atoms with van der Waals surface area (Å²) in [6, 6.07) is 3.63. The first-order valence-corrected chi connectivity index (χ1v) is 5.80. The lowest BCUT2D eigenvalue weighted by Crippen LogP contribution is -2.33. The molecule has 0 aliphatic rings. The Balaban J connectivity index is 2.32. The molecular formula is C12H18N2O4. The van der Waals surface area contributed by atoms with Crippen molar-refractivity contribution in [3.8, 4) is 0 Å². The quantitative estimate of drug-likeness (QED) is 0.578. The molecule has 0 spiro atoms. The van der Waals surface area contributed by atoms with Crippen LogP contribution in [0.2, 0.25) is 0 Å². The Morgan fingerprint density at radius 1 is 1.56 bits per heavy atom. The Morgan fingerprint density at radius 2 is 2.28 bits per heavy atom. The first-order chi connectivity index (χ1) is 8.56. The van der Waals surface area contributed by atoms with E-state index in [9.17, 15) is 14.7 Å². The van der Waals surface area contributed by atoms with Gasteiger partial charge in [0.05, 0.1) is 12.7 Å². The van der Waals surface area contributed by atoms with Crippen molar-refractivity contribution in [3.05, 3.63) is 24.0 Å². The molecule has 1 atom stereocenters. The number of hydrogen-bond donors (Lipinski definition) is 2. The molecule has 0 saturated heterocycles. The lowest BCUT2D eigenvalue weighted by atomic mass is 10.2. The summed E-state index contributed by atoms with van der Waals surface area (Å²) in [5.74, 6) is -1.68. The highest BCUT2D eigenvalue weighted by Crippen LogP contribution is 2.15. The Bertz CT molecular complexity index is 414. The smallest absolute Gasteiger partial charge is 0.396 e. The molecular weight excluding hydrogens is 236 g/mol. The Morgan fingerprint density at radius 3 is 2.83 bits per heavy atom. The van der Waals surface area contributed by atoms with Crippen molar-refractivity contribution in [2.24, 2.45) is 7.05 Å². The highest BCUT2D eigenvalue weighted by Gasteiger charge is 2.15. The molecule has 0 fully saturated rings. The van der Waals surface area contributed by atoms with Gasteiger partial charge >= 0.3 is 11.9 Å². The van der Waals surface area contributed by atoms with E-state index in [1.165, 1.54) is 0 Å². The molecule has 1 aromatic rings. The molecule has 1 aromatic heterocycles. The molecule has 1 amide bonds. The summed E-state index contributed by atoms with van der Waals surface area (Å²) in [7, 11) is 1.83. The zero-order valence-corrected chi connectivity index (χ0v) is 10.5. The van der Waals surface area contributed by atoms with Gasteiger partial charge in [0.15, 0.2) is 0 Å². The van der Waals surface area contributed by atoms with E-state index in [0.717, 1.165) is 5.69 Å². The molecule has 100 valence electrons. The average molecular weight is 254 g/mol. The molecule has 6 nitrogen and oxygen atoms in total. The molecule has 0 aromatic carbocycles. The van der Waals surface area contributed by atoms with Gasteiger partial charge in [0, 0.05) is 25.5 Å². The van der Waals surface area contributed by atoms with E-state index >= 15 is 0 Å². The normalized spacial score (nSPS) is 11.9. The van der Waals surface area contributed by atoms with Gasteiger partial charge in [0.25, 0.3) is 0 Å². The predicted octanol–water partition coefficient (Wildman–Crippen LogP) is 0.128. The summed E-state index contributed by atoms with van der Waals surface area (Å²) < 4.78 is 6.34.